The first kappa shape index (κ1) is 14.2. The summed E-state index contributed by atoms with van der Waals surface area (Å²) in [6.07, 6.45) is 0.831. The summed E-state index contributed by atoms with van der Waals surface area (Å²) in [5.74, 6) is 1.27. The minimum Gasteiger partial charge on any atom is -0.495 e. The summed E-state index contributed by atoms with van der Waals surface area (Å²) in [5.41, 5.74) is 9.36. The van der Waals surface area contributed by atoms with E-state index >= 15 is 0 Å². The van der Waals surface area contributed by atoms with Gasteiger partial charge in [-0.2, -0.15) is 0 Å². The van der Waals surface area contributed by atoms with Crippen LogP contribution in [0.2, 0.25) is 5.02 Å². The number of halogens is 1. The van der Waals surface area contributed by atoms with E-state index in [0.29, 0.717) is 12.5 Å². The first-order valence-electron chi connectivity index (χ1n) is 6.56. The molecular formula is C15H21ClN2O. The largest absolute Gasteiger partial charge is 0.495 e. The molecule has 0 saturated carbocycles. The SMILES string of the molecule is COc1ccc(Cl)c2c(CCN)c(C(C)C)n(C)c12. The maximum atomic E-state index is 6.41. The van der Waals surface area contributed by atoms with Gasteiger partial charge in [0.2, 0.25) is 0 Å². The highest BCUT2D eigenvalue weighted by atomic mass is 35.5. The zero-order chi connectivity index (χ0) is 14.2. The lowest BCUT2D eigenvalue weighted by atomic mass is 10.0. The topological polar surface area (TPSA) is 40.2 Å². The molecule has 0 fully saturated rings. The van der Waals surface area contributed by atoms with Crippen LogP contribution in [-0.2, 0) is 13.5 Å². The van der Waals surface area contributed by atoms with Gasteiger partial charge in [0, 0.05) is 18.1 Å². The molecule has 0 aliphatic carbocycles. The van der Waals surface area contributed by atoms with E-state index in [1.165, 1.54) is 11.3 Å². The van der Waals surface area contributed by atoms with Gasteiger partial charge in [0.15, 0.2) is 0 Å². The van der Waals surface area contributed by atoms with Crippen LogP contribution in [0, 0.1) is 0 Å². The second-order valence-electron chi connectivity index (χ2n) is 5.09. The molecule has 0 saturated heterocycles. The van der Waals surface area contributed by atoms with E-state index < -0.39 is 0 Å². The van der Waals surface area contributed by atoms with E-state index in [2.05, 4.69) is 25.5 Å². The number of nitrogens with zero attached hydrogens (tertiary/aromatic N) is 1. The van der Waals surface area contributed by atoms with Crippen molar-refractivity contribution in [1.29, 1.82) is 0 Å². The van der Waals surface area contributed by atoms with Crippen molar-refractivity contribution in [3.8, 4) is 5.75 Å². The molecule has 1 heterocycles. The van der Waals surface area contributed by atoms with E-state index in [9.17, 15) is 0 Å². The van der Waals surface area contributed by atoms with Crippen LogP contribution in [0.5, 0.6) is 5.75 Å². The highest BCUT2D eigenvalue weighted by molar-refractivity contribution is 6.36. The number of benzene rings is 1. The third-order valence-electron chi connectivity index (χ3n) is 3.56. The fourth-order valence-corrected chi connectivity index (χ4v) is 3.18. The van der Waals surface area contributed by atoms with E-state index in [4.69, 9.17) is 22.1 Å². The minimum atomic E-state index is 0.416. The Morgan fingerprint density at radius 2 is 2.05 bits per heavy atom. The van der Waals surface area contributed by atoms with Crippen molar-refractivity contribution in [2.75, 3.05) is 13.7 Å². The van der Waals surface area contributed by atoms with Gasteiger partial charge in [-0.1, -0.05) is 25.4 Å². The van der Waals surface area contributed by atoms with Crippen molar-refractivity contribution in [3.63, 3.8) is 0 Å². The van der Waals surface area contributed by atoms with Gasteiger partial charge in [-0.3, -0.25) is 0 Å². The van der Waals surface area contributed by atoms with Crippen LogP contribution in [-0.4, -0.2) is 18.2 Å². The number of nitrogens with two attached hydrogens (primary N) is 1. The predicted molar refractivity (Wildman–Crippen MR) is 81.3 cm³/mol. The molecule has 0 spiro atoms. The van der Waals surface area contributed by atoms with E-state index in [1.54, 1.807) is 7.11 Å². The lowest BCUT2D eigenvalue weighted by Crippen LogP contribution is -2.07. The number of rotatable bonds is 4. The first-order valence-corrected chi connectivity index (χ1v) is 6.94. The van der Waals surface area contributed by atoms with Gasteiger partial charge in [-0.25, -0.2) is 0 Å². The molecule has 0 amide bonds. The molecule has 19 heavy (non-hydrogen) atoms. The van der Waals surface area contributed by atoms with Gasteiger partial charge < -0.3 is 15.0 Å². The highest BCUT2D eigenvalue weighted by Crippen LogP contribution is 2.39. The van der Waals surface area contributed by atoms with E-state index in [0.717, 1.165) is 28.1 Å². The predicted octanol–water partition coefficient (Wildman–Crippen LogP) is 3.46. The van der Waals surface area contributed by atoms with Gasteiger partial charge in [0.1, 0.15) is 5.75 Å². The van der Waals surface area contributed by atoms with Gasteiger partial charge in [-0.15, -0.1) is 0 Å². The molecule has 0 aliphatic heterocycles. The molecule has 2 N–H and O–H groups in total. The Morgan fingerprint density at radius 3 is 2.58 bits per heavy atom. The molecule has 3 nitrogen and oxygen atoms in total. The monoisotopic (exact) mass is 280 g/mol. The van der Waals surface area contributed by atoms with Crippen molar-refractivity contribution < 1.29 is 4.74 Å². The lowest BCUT2D eigenvalue weighted by molar-refractivity contribution is 0.417. The second-order valence-corrected chi connectivity index (χ2v) is 5.50. The molecule has 1 aromatic carbocycles. The molecule has 2 rings (SSSR count). The molecule has 0 bridgehead atoms. The lowest BCUT2D eigenvalue weighted by Gasteiger charge is -2.11. The Balaban J connectivity index is 2.91. The Bertz CT molecular complexity index is 602. The van der Waals surface area contributed by atoms with Crippen LogP contribution >= 0.6 is 11.6 Å². The third-order valence-corrected chi connectivity index (χ3v) is 3.87. The van der Waals surface area contributed by atoms with Crippen LogP contribution in [0.1, 0.15) is 31.0 Å². The summed E-state index contributed by atoms with van der Waals surface area (Å²) < 4.78 is 7.67. The van der Waals surface area contributed by atoms with Crippen LogP contribution in [0.15, 0.2) is 12.1 Å². The smallest absolute Gasteiger partial charge is 0.143 e. The molecule has 1 aromatic heterocycles. The van der Waals surface area contributed by atoms with E-state index in [-0.39, 0.29) is 0 Å². The fourth-order valence-electron chi connectivity index (χ4n) is 2.92. The molecule has 4 heteroatoms. The average molecular weight is 281 g/mol. The fraction of sp³-hybridized carbons (Fsp3) is 0.467. The van der Waals surface area contributed by atoms with Gasteiger partial charge in [0.25, 0.3) is 0 Å². The summed E-state index contributed by atoms with van der Waals surface area (Å²) in [6.45, 7) is 5.00. The first-order chi connectivity index (χ1) is 9.02. The Labute approximate surface area is 119 Å². The average Bonchev–Trinajstić information content (AvgIpc) is 2.65. The zero-order valence-corrected chi connectivity index (χ0v) is 12.7. The Hall–Kier alpha value is -1.19. The number of aryl methyl sites for hydroxylation is 1. The van der Waals surface area contributed by atoms with Crippen LogP contribution < -0.4 is 10.5 Å². The molecule has 0 radical (unpaired) electrons. The molecular weight excluding hydrogens is 260 g/mol. The quantitative estimate of drug-likeness (QED) is 0.932. The summed E-state index contributed by atoms with van der Waals surface area (Å²) in [5, 5.41) is 1.85. The summed E-state index contributed by atoms with van der Waals surface area (Å²) >= 11 is 6.41. The number of aromatic nitrogens is 1. The normalized spacial score (nSPS) is 11.5. The van der Waals surface area contributed by atoms with Crippen molar-refractivity contribution >= 4 is 22.5 Å². The number of fused-ring (bicyclic) bond motifs is 1. The number of hydrogen-bond donors (Lipinski definition) is 1. The van der Waals surface area contributed by atoms with Crippen molar-refractivity contribution in [2.24, 2.45) is 12.8 Å². The second kappa shape index (κ2) is 5.43. The van der Waals surface area contributed by atoms with Crippen LogP contribution in [0.3, 0.4) is 0 Å². The number of methoxy groups -OCH3 is 1. The summed E-state index contributed by atoms with van der Waals surface area (Å²) in [6, 6.07) is 3.81. The van der Waals surface area contributed by atoms with Gasteiger partial charge in [-0.05, 0) is 36.6 Å². The van der Waals surface area contributed by atoms with Crippen molar-refractivity contribution in [2.45, 2.75) is 26.2 Å². The minimum absolute atomic E-state index is 0.416. The maximum Gasteiger partial charge on any atom is 0.143 e. The van der Waals surface area contributed by atoms with Gasteiger partial charge >= 0.3 is 0 Å². The molecule has 104 valence electrons. The van der Waals surface area contributed by atoms with Crippen molar-refractivity contribution in [3.05, 3.63) is 28.4 Å². The molecule has 2 aromatic rings. The van der Waals surface area contributed by atoms with Crippen LogP contribution in [0.4, 0.5) is 0 Å². The number of hydrogen-bond acceptors (Lipinski definition) is 2. The van der Waals surface area contributed by atoms with E-state index in [1.807, 2.05) is 12.1 Å². The van der Waals surface area contributed by atoms with Gasteiger partial charge in [0.05, 0.1) is 17.6 Å². The standard InChI is InChI=1S/C15H21ClN2O/c1-9(2)14-10(7-8-17)13-11(16)5-6-12(19-4)15(13)18(14)3/h5-6,9H,7-8,17H2,1-4H3. The third kappa shape index (κ3) is 2.21. The molecule has 0 atom stereocenters. The summed E-state index contributed by atoms with van der Waals surface area (Å²) in [7, 11) is 3.75. The number of ether oxygens (including phenoxy) is 1. The summed E-state index contributed by atoms with van der Waals surface area (Å²) in [4.78, 5) is 0. The highest BCUT2D eigenvalue weighted by Gasteiger charge is 2.21. The van der Waals surface area contributed by atoms with Crippen LogP contribution in [0.25, 0.3) is 10.9 Å². The maximum absolute atomic E-state index is 6.41. The zero-order valence-electron chi connectivity index (χ0n) is 12.0. The Morgan fingerprint density at radius 1 is 1.37 bits per heavy atom. The molecule has 0 aliphatic rings. The van der Waals surface area contributed by atoms with Crippen molar-refractivity contribution in [1.82, 2.24) is 4.57 Å². The molecule has 0 unspecified atom stereocenters. The Kier molecular flexibility index (Phi) is 4.07.